The van der Waals surface area contributed by atoms with Crippen molar-refractivity contribution in [1.82, 2.24) is 9.80 Å². The molecule has 0 bridgehead atoms. The number of aliphatic hydroxyl groups excluding tert-OH is 1. The molecule has 7 heteroatoms. The number of rotatable bonds is 5. The molecule has 2 fully saturated rings. The minimum Gasteiger partial charge on any atom is -0.484 e. The lowest BCUT2D eigenvalue weighted by Gasteiger charge is -2.42. The lowest BCUT2D eigenvalue weighted by atomic mass is 9.94. The standard InChI is InChI=1S/C20H28N2O5/c23-12-15-5-8-21(9-6-15)16-2-1-7-22(11-16)20(24)13-25-17-3-4-18-19(10-17)27-14-26-18/h3-4,10,15-16,23H,1-2,5-9,11-14H2/t16-/m0/s1. The van der Waals surface area contributed by atoms with E-state index >= 15 is 0 Å². The second kappa shape index (κ2) is 8.35. The van der Waals surface area contributed by atoms with Crippen molar-refractivity contribution in [3.63, 3.8) is 0 Å². The summed E-state index contributed by atoms with van der Waals surface area (Å²) in [4.78, 5) is 17.0. The van der Waals surface area contributed by atoms with Gasteiger partial charge >= 0.3 is 0 Å². The van der Waals surface area contributed by atoms with Crippen LogP contribution in [-0.4, -0.2) is 73.0 Å². The summed E-state index contributed by atoms with van der Waals surface area (Å²) in [6.07, 6.45) is 4.26. The Hall–Kier alpha value is -1.99. The van der Waals surface area contributed by atoms with E-state index in [-0.39, 0.29) is 19.3 Å². The van der Waals surface area contributed by atoms with Crippen molar-refractivity contribution in [2.45, 2.75) is 31.7 Å². The molecule has 27 heavy (non-hydrogen) atoms. The SMILES string of the molecule is O=C(COc1ccc2c(c1)OCO2)N1CCC[C@H](N2CCC(CO)CC2)C1. The average molecular weight is 376 g/mol. The third-order valence-electron chi connectivity index (χ3n) is 5.88. The highest BCUT2D eigenvalue weighted by atomic mass is 16.7. The lowest BCUT2D eigenvalue weighted by Crippen LogP contribution is -2.52. The Bertz CT molecular complexity index is 660. The Kier molecular flexibility index (Phi) is 5.69. The first-order valence-corrected chi connectivity index (χ1v) is 9.88. The van der Waals surface area contributed by atoms with Crippen molar-refractivity contribution in [3.05, 3.63) is 18.2 Å². The third-order valence-corrected chi connectivity index (χ3v) is 5.88. The maximum Gasteiger partial charge on any atom is 0.260 e. The van der Waals surface area contributed by atoms with Crippen LogP contribution in [-0.2, 0) is 4.79 Å². The molecular weight excluding hydrogens is 348 g/mol. The monoisotopic (exact) mass is 376 g/mol. The van der Waals surface area contributed by atoms with Gasteiger partial charge in [-0.25, -0.2) is 0 Å². The van der Waals surface area contributed by atoms with Crippen LogP contribution in [0.4, 0.5) is 0 Å². The molecule has 7 nitrogen and oxygen atoms in total. The highest BCUT2D eigenvalue weighted by Crippen LogP contribution is 2.35. The quantitative estimate of drug-likeness (QED) is 0.840. The van der Waals surface area contributed by atoms with E-state index in [0.29, 0.717) is 35.8 Å². The molecule has 1 aromatic carbocycles. The zero-order valence-electron chi connectivity index (χ0n) is 15.6. The Labute approximate surface area is 159 Å². The molecule has 0 radical (unpaired) electrons. The van der Waals surface area contributed by atoms with Crippen LogP contribution in [0.3, 0.4) is 0 Å². The van der Waals surface area contributed by atoms with E-state index in [2.05, 4.69) is 4.90 Å². The summed E-state index contributed by atoms with van der Waals surface area (Å²) in [6.45, 7) is 4.17. The Morgan fingerprint density at radius 3 is 2.78 bits per heavy atom. The number of nitrogens with zero attached hydrogens (tertiary/aromatic N) is 2. The minimum absolute atomic E-state index is 0.0302. The van der Waals surface area contributed by atoms with Gasteiger partial charge in [0.2, 0.25) is 6.79 Å². The second-order valence-corrected chi connectivity index (χ2v) is 7.60. The van der Waals surface area contributed by atoms with Gasteiger partial charge in [0.25, 0.3) is 5.91 Å². The molecular formula is C20H28N2O5. The molecule has 1 amide bonds. The van der Waals surface area contributed by atoms with Gasteiger partial charge in [-0.1, -0.05) is 0 Å². The van der Waals surface area contributed by atoms with Crippen LogP contribution >= 0.6 is 0 Å². The number of fused-ring (bicyclic) bond motifs is 1. The molecule has 3 aliphatic rings. The third kappa shape index (κ3) is 4.30. The van der Waals surface area contributed by atoms with Crippen molar-refractivity contribution in [2.75, 3.05) is 46.2 Å². The second-order valence-electron chi connectivity index (χ2n) is 7.60. The number of ether oxygens (including phenoxy) is 3. The van der Waals surface area contributed by atoms with Crippen LogP contribution < -0.4 is 14.2 Å². The molecule has 2 saturated heterocycles. The largest absolute Gasteiger partial charge is 0.484 e. The van der Waals surface area contributed by atoms with Crippen LogP contribution in [0.2, 0.25) is 0 Å². The Morgan fingerprint density at radius 1 is 1.15 bits per heavy atom. The first kappa shape index (κ1) is 18.4. The number of piperidine rings is 2. The molecule has 0 aliphatic carbocycles. The first-order valence-electron chi connectivity index (χ1n) is 9.88. The average Bonchev–Trinajstić information content (AvgIpc) is 3.20. The van der Waals surface area contributed by atoms with Crippen LogP contribution in [0.5, 0.6) is 17.2 Å². The molecule has 0 aromatic heterocycles. The van der Waals surface area contributed by atoms with E-state index in [4.69, 9.17) is 14.2 Å². The van der Waals surface area contributed by atoms with E-state index in [1.807, 2.05) is 4.90 Å². The van der Waals surface area contributed by atoms with Crippen LogP contribution in [0.25, 0.3) is 0 Å². The van der Waals surface area contributed by atoms with Crippen molar-refractivity contribution in [1.29, 1.82) is 0 Å². The number of amides is 1. The van der Waals surface area contributed by atoms with Gasteiger partial charge in [0.15, 0.2) is 18.1 Å². The number of benzene rings is 1. The van der Waals surface area contributed by atoms with Gasteiger partial charge in [-0.05, 0) is 56.8 Å². The highest BCUT2D eigenvalue weighted by molar-refractivity contribution is 5.78. The number of likely N-dealkylation sites (tertiary alicyclic amines) is 2. The van der Waals surface area contributed by atoms with Crippen LogP contribution in [0, 0.1) is 5.92 Å². The Morgan fingerprint density at radius 2 is 1.96 bits per heavy atom. The number of carbonyl (C=O) groups excluding carboxylic acids is 1. The fourth-order valence-electron chi connectivity index (χ4n) is 4.18. The summed E-state index contributed by atoms with van der Waals surface area (Å²) in [5.41, 5.74) is 0. The fourth-order valence-corrected chi connectivity index (χ4v) is 4.18. The number of carbonyl (C=O) groups is 1. The van der Waals surface area contributed by atoms with Gasteiger partial charge in [-0.3, -0.25) is 9.69 Å². The highest BCUT2D eigenvalue weighted by Gasteiger charge is 2.30. The van der Waals surface area contributed by atoms with E-state index in [1.165, 1.54) is 0 Å². The molecule has 1 N–H and O–H groups in total. The molecule has 1 aromatic rings. The van der Waals surface area contributed by atoms with E-state index in [0.717, 1.165) is 51.9 Å². The van der Waals surface area contributed by atoms with E-state index < -0.39 is 0 Å². The molecule has 3 aliphatic heterocycles. The van der Waals surface area contributed by atoms with Crippen molar-refractivity contribution in [3.8, 4) is 17.2 Å². The Balaban J connectivity index is 1.27. The zero-order valence-corrected chi connectivity index (χ0v) is 15.6. The van der Waals surface area contributed by atoms with Gasteiger partial charge in [-0.15, -0.1) is 0 Å². The molecule has 0 unspecified atom stereocenters. The van der Waals surface area contributed by atoms with Gasteiger partial charge in [-0.2, -0.15) is 0 Å². The molecule has 0 spiro atoms. The van der Waals surface area contributed by atoms with E-state index in [1.54, 1.807) is 18.2 Å². The summed E-state index contributed by atoms with van der Waals surface area (Å²) in [5, 5.41) is 9.31. The topological polar surface area (TPSA) is 71.5 Å². The summed E-state index contributed by atoms with van der Waals surface area (Å²) in [7, 11) is 0. The van der Waals surface area contributed by atoms with Gasteiger partial charge in [0, 0.05) is 31.8 Å². The van der Waals surface area contributed by atoms with Crippen molar-refractivity contribution in [2.24, 2.45) is 5.92 Å². The van der Waals surface area contributed by atoms with Crippen molar-refractivity contribution < 1.29 is 24.1 Å². The van der Waals surface area contributed by atoms with Crippen LogP contribution in [0.15, 0.2) is 18.2 Å². The van der Waals surface area contributed by atoms with E-state index in [9.17, 15) is 9.90 Å². The predicted molar refractivity (Wildman–Crippen MR) is 99.0 cm³/mol. The molecule has 148 valence electrons. The minimum atomic E-state index is 0.0302. The predicted octanol–water partition coefficient (Wildman–Crippen LogP) is 1.49. The first-order chi connectivity index (χ1) is 13.2. The zero-order chi connectivity index (χ0) is 18.6. The van der Waals surface area contributed by atoms with Gasteiger partial charge in [0.05, 0.1) is 0 Å². The maximum absolute atomic E-state index is 12.6. The lowest BCUT2D eigenvalue weighted by molar-refractivity contribution is -0.135. The molecule has 3 heterocycles. The summed E-state index contributed by atoms with van der Waals surface area (Å²) < 4.78 is 16.3. The number of hydrogen-bond acceptors (Lipinski definition) is 6. The van der Waals surface area contributed by atoms with Crippen molar-refractivity contribution >= 4 is 5.91 Å². The van der Waals surface area contributed by atoms with Gasteiger partial charge < -0.3 is 24.2 Å². The smallest absolute Gasteiger partial charge is 0.260 e. The fraction of sp³-hybridized carbons (Fsp3) is 0.650. The molecule has 1 atom stereocenters. The summed E-state index contributed by atoms with van der Waals surface area (Å²) in [5.74, 6) is 2.45. The summed E-state index contributed by atoms with van der Waals surface area (Å²) in [6, 6.07) is 5.79. The van der Waals surface area contributed by atoms with Gasteiger partial charge in [0.1, 0.15) is 5.75 Å². The summed E-state index contributed by atoms with van der Waals surface area (Å²) >= 11 is 0. The molecule has 0 saturated carbocycles. The number of aliphatic hydroxyl groups is 1. The normalized spacial score (nSPS) is 23.4. The maximum atomic E-state index is 12.6. The molecule has 4 rings (SSSR count). The van der Waals surface area contributed by atoms with Crippen LogP contribution in [0.1, 0.15) is 25.7 Å². The number of hydrogen-bond donors (Lipinski definition) is 1.